The highest BCUT2D eigenvalue weighted by molar-refractivity contribution is 5.78. The molecule has 0 saturated carbocycles. The first-order valence-corrected chi connectivity index (χ1v) is 8.82. The molecule has 1 amide bonds. The van der Waals surface area contributed by atoms with Gasteiger partial charge in [0.15, 0.2) is 0 Å². The van der Waals surface area contributed by atoms with Gasteiger partial charge in [0.2, 0.25) is 5.91 Å². The summed E-state index contributed by atoms with van der Waals surface area (Å²) in [5.41, 5.74) is 1.72. The number of carbonyl (C=O) groups excluding carboxylic acids is 1. The van der Waals surface area contributed by atoms with Gasteiger partial charge in [-0.15, -0.1) is 0 Å². The van der Waals surface area contributed by atoms with Crippen molar-refractivity contribution in [3.63, 3.8) is 0 Å². The molecular formula is C19H31N3O2. The predicted octanol–water partition coefficient (Wildman–Crippen LogP) is 1.74. The first-order valence-electron chi connectivity index (χ1n) is 8.82. The Hall–Kier alpha value is -1.59. The highest BCUT2D eigenvalue weighted by Gasteiger charge is 2.24. The lowest BCUT2D eigenvalue weighted by molar-refractivity contribution is -0.133. The van der Waals surface area contributed by atoms with Gasteiger partial charge in [-0.3, -0.25) is 9.69 Å². The molecule has 0 aromatic heterocycles. The molecule has 2 rings (SSSR count). The number of carbonyl (C=O) groups is 1. The maximum Gasteiger partial charge on any atom is 0.236 e. The molecule has 1 fully saturated rings. The molecule has 5 heteroatoms. The van der Waals surface area contributed by atoms with Crippen LogP contribution in [0.15, 0.2) is 24.3 Å². The van der Waals surface area contributed by atoms with Crippen molar-refractivity contribution in [3.8, 4) is 0 Å². The maximum absolute atomic E-state index is 12.5. The van der Waals surface area contributed by atoms with Crippen molar-refractivity contribution in [3.05, 3.63) is 29.8 Å². The van der Waals surface area contributed by atoms with Gasteiger partial charge in [0.1, 0.15) is 0 Å². The fraction of sp³-hybridized carbons (Fsp3) is 0.632. The first kappa shape index (κ1) is 18.7. The van der Waals surface area contributed by atoms with Gasteiger partial charge in [0.05, 0.1) is 12.1 Å². The average molecular weight is 333 g/mol. The summed E-state index contributed by atoms with van der Waals surface area (Å²) in [4.78, 5) is 18.8. The topological polar surface area (TPSA) is 47.0 Å². The van der Waals surface area contributed by atoms with Crippen molar-refractivity contribution in [1.82, 2.24) is 9.80 Å². The molecule has 1 aliphatic rings. The van der Waals surface area contributed by atoms with Crippen molar-refractivity contribution in [2.75, 3.05) is 50.7 Å². The molecule has 1 saturated heterocycles. The summed E-state index contributed by atoms with van der Waals surface area (Å²) in [6.07, 6.45) is 0. The van der Waals surface area contributed by atoms with Gasteiger partial charge in [-0.25, -0.2) is 0 Å². The number of piperazine rings is 1. The highest BCUT2D eigenvalue weighted by atomic mass is 16.3. The Morgan fingerprint density at radius 3 is 2.46 bits per heavy atom. The molecular weight excluding hydrogens is 302 g/mol. The Bertz CT molecular complexity index is 546. The Kier molecular flexibility index (Phi) is 6.24. The first-order chi connectivity index (χ1) is 11.3. The highest BCUT2D eigenvalue weighted by Crippen LogP contribution is 2.18. The lowest BCUT2D eigenvalue weighted by atomic mass is 10.1. The van der Waals surface area contributed by atoms with Gasteiger partial charge in [0, 0.05) is 38.4 Å². The number of nitrogens with zero attached hydrogens (tertiary/aromatic N) is 3. The summed E-state index contributed by atoms with van der Waals surface area (Å²) in [6, 6.07) is 8.51. The Labute approximate surface area is 145 Å². The lowest BCUT2D eigenvalue weighted by Gasteiger charge is -2.37. The van der Waals surface area contributed by atoms with Crippen LogP contribution < -0.4 is 4.90 Å². The van der Waals surface area contributed by atoms with Crippen LogP contribution in [-0.4, -0.2) is 72.2 Å². The van der Waals surface area contributed by atoms with Crippen LogP contribution in [0, 0.1) is 6.92 Å². The van der Waals surface area contributed by atoms with Gasteiger partial charge in [-0.1, -0.05) is 19.1 Å². The van der Waals surface area contributed by atoms with E-state index in [4.69, 9.17) is 0 Å². The van der Waals surface area contributed by atoms with E-state index in [2.05, 4.69) is 36.1 Å². The number of rotatable bonds is 6. The maximum atomic E-state index is 12.5. The number of aliphatic hydroxyl groups is 1. The van der Waals surface area contributed by atoms with E-state index in [0.717, 1.165) is 32.7 Å². The van der Waals surface area contributed by atoms with Crippen LogP contribution in [0.1, 0.15) is 26.3 Å². The Morgan fingerprint density at radius 2 is 1.92 bits per heavy atom. The molecule has 1 aliphatic heterocycles. The van der Waals surface area contributed by atoms with Crippen LogP contribution in [0.5, 0.6) is 0 Å². The molecule has 0 atom stereocenters. The second-order valence-corrected chi connectivity index (χ2v) is 7.32. The van der Waals surface area contributed by atoms with E-state index in [9.17, 15) is 9.90 Å². The molecule has 134 valence electrons. The van der Waals surface area contributed by atoms with E-state index >= 15 is 0 Å². The summed E-state index contributed by atoms with van der Waals surface area (Å²) in [7, 11) is 0. The zero-order chi connectivity index (χ0) is 17.7. The summed E-state index contributed by atoms with van der Waals surface area (Å²) in [5, 5.41) is 9.95. The number of amides is 1. The third kappa shape index (κ3) is 5.49. The molecule has 1 heterocycles. The summed E-state index contributed by atoms with van der Waals surface area (Å²) >= 11 is 0. The fourth-order valence-corrected chi connectivity index (χ4v) is 3.16. The van der Waals surface area contributed by atoms with Gasteiger partial charge in [0.25, 0.3) is 0 Å². The van der Waals surface area contributed by atoms with E-state index in [-0.39, 0.29) is 5.91 Å². The van der Waals surface area contributed by atoms with Crippen LogP contribution in [0.25, 0.3) is 0 Å². The van der Waals surface area contributed by atoms with Gasteiger partial charge >= 0.3 is 0 Å². The standard InChI is InChI=1S/C19H31N3O2/c1-5-20(15-19(3,4)24)14-18(23)22-11-9-21(10-12-22)17-8-6-7-16(2)13-17/h6-8,13,24H,5,9-12,14-15H2,1-4H3. The zero-order valence-electron chi connectivity index (χ0n) is 15.5. The molecule has 1 N–H and O–H groups in total. The molecule has 0 aliphatic carbocycles. The molecule has 0 spiro atoms. The molecule has 24 heavy (non-hydrogen) atoms. The van der Waals surface area contributed by atoms with E-state index < -0.39 is 5.60 Å². The largest absolute Gasteiger partial charge is 0.389 e. The van der Waals surface area contributed by atoms with Crippen molar-refractivity contribution < 1.29 is 9.90 Å². The number of likely N-dealkylation sites (N-methyl/N-ethyl adjacent to an activating group) is 1. The Morgan fingerprint density at radius 1 is 1.25 bits per heavy atom. The zero-order valence-corrected chi connectivity index (χ0v) is 15.5. The Balaban J connectivity index is 1.86. The SMILES string of the molecule is CCN(CC(=O)N1CCN(c2cccc(C)c2)CC1)CC(C)(C)O. The van der Waals surface area contributed by atoms with E-state index in [1.807, 2.05) is 16.7 Å². The van der Waals surface area contributed by atoms with Crippen molar-refractivity contribution in [1.29, 1.82) is 0 Å². The molecule has 1 aromatic rings. The quantitative estimate of drug-likeness (QED) is 0.861. The normalized spacial score (nSPS) is 15.9. The smallest absolute Gasteiger partial charge is 0.236 e. The summed E-state index contributed by atoms with van der Waals surface area (Å²) < 4.78 is 0. The van der Waals surface area contributed by atoms with Crippen molar-refractivity contribution in [2.24, 2.45) is 0 Å². The van der Waals surface area contributed by atoms with Crippen LogP contribution in [0.3, 0.4) is 0 Å². The van der Waals surface area contributed by atoms with E-state index in [0.29, 0.717) is 13.1 Å². The number of anilines is 1. The molecule has 0 unspecified atom stereocenters. The second kappa shape index (κ2) is 7.99. The number of benzene rings is 1. The average Bonchev–Trinajstić information content (AvgIpc) is 2.53. The van der Waals surface area contributed by atoms with Crippen molar-refractivity contribution in [2.45, 2.75) is 33.3 Å². The predicted molar refractivity (Wildman–Crippen MR) is 98.4 cm³/mol. The van der Waals surface area contributed by atoms with Gasteiger partial charge < -0.3 is 14.9 Å². The monoisotopic (exact) mass is 333 g/mol. The second-order valence-electron chi connectivity index (χ2n) is 7.32. The number of aryl methyl sites for hydroxylation is 1. The van der Waals surface area contributed by atoms with Crippen LogP contribution in [0.4, 0.5) is 5.69 Å². The number of hydrogen-bond donors (Lipinski definition) is 1. The van der Waals surface area contributed by atoms with Crippen LogP contribution in [-0.2, 0) is 4.79 Å². The summed E-state index contributed by atoms with van der Waals surface area (Å²) in [5.74, 6) is 0.157. The lowest BCUT2D eigenvalue weighted by Crippen LogP contribution is -2.52. The van der Waals surface area contributed by atoms with E-state index in [1.54, 1.807) is 13.8 Å². The third-order valence-corrected chi connectivity index (χ3v) is 4.42. The molecule has 0 bridgehead atoms. The molecule has 1 aromatic carbocycles. The molecule has 5 nitrogen and oxygen atoms in total. The van der Waals surface area contributed by atoms with Crippen LogP contribution in [0.2, 0.25) is 0 Å². The van der Waals surface area contributed by atoms with Crippen molar-refractivity contribution >= 4 is 11.6 Å². The summed E-state index contributed by atoms with van der Waals surface area (Å²) in [6.45, 7) is 12.6. The number of hydrogen-bond acceptors (Lipinski definition) is 4. The minimum absolute atomic E-state index is 0.157. The minimum atomic E-state index is -0.778. The van der Waals surface area contributed by atoms with Gasteiger partial charge in [-0.2, -0.15) is 0 Å². The minimum Gasteiger partial charge on any atom is -0.389 e. The van der Waals surface area contributed by atoms with E-state index in [1.165, 1.54) is 11.3 Å². The van der Waals surface area contributed by atoms with Crippen LogP contribution >= 0.6 is 0 Å². The third-order valence-electron chi connectivity index (χ3n) is 4.42. The van der Waals surface area contributed by atoms with Gasteiger partial charge in [-0.05, 0) is 45.0 Å². The fourth-order valence-electron chi connectivity index (χ4n) is 3.16. The molecule has 0 radical (unpaired) electrons.